The summed E-state index contributed by atoms with van der Waals surface area (Å²) < 4.78 is 42.9. The first-order chi connectivity index (χ1) is 12.3. The van der Waals surface area contributed by atoms with E-state index in [0.29, 0.717) is 28.5 Å². The van der Waals surface area contributed by atoms with Crippen LogP contribution < -0.4 is 0 Å². The number of aryl methyl sites for hydroxylation is 1. The van der Waals surface area contributed by atoms with Crippen molar-refractivity contribution in [3.63, 3.8) is 0 Å². The van der Waals surface area contributed by atoms with Gasteiger partial charge in [0, 0.05) is 18.5 Å². The molecule has 3 nitrogen and oxygen atoms in total. The fourth-order valence-corrected chi connectivity index (χ4v) is 3.33. The van der Waals surface area contributed by atoms with Crippen molar-refractivity contribution in [1.82, 2.24) is 14.8 Å². The van der Waals surface area contributed by atoms with Crippen LogP contribution >= 0.6 is 0 Å². The maximum atomic E-state index is 13.8. The Labute approximate surface area is 149 Å². The number of aromatic nitrogens is 3. The van der Waals surface area contributed by atoms with Gasteiger partial charge in [0.05, 0.1) is 22.3 Å². The zero-order chi connectivity index (χ0) is 18.6. The SMILES string of the molecule is CC(C)c1ccc(-c2cc(C(F)(F)F)c3c(C4CC4)nn(C)c3n2)cc1. The van der Waals surface area contributed by atoms with Gasteiger partial charge in [-0.05, 0) is 30.4 Å². The van der Waals surface area contributed by atoms with E-state index in [0.717, 1.165) is 18.4 Å². The molecule has 4 rings (SSSR count). The number of halogens is 3. The normalized spacial score (nSPS) is 15.2. The molecule has 136 valence electrons. The standard InChI is InChI=1S/C20H20F3N3/c1-11(2)12-4-6-13(7-5-12)16-10-15(20(21,22)23)17-18(14-8-9-14)25-26(3)19(17)24-16/h4-7,10-11,14H,8-9H2,1-3H3. The maximum absolute atomic E-state index is 13.8. The van der Waals surface area contributed by atoms with Crippen molar-refractivity contribution in [2.75, 3.05) is 0 Å². The summed E-state index contributed by atoms with van der Waals surface area (Å²) in [7, 11) is 1.66. The minimum atomic E-state index is -4.44. The molecule has 0 bridgehead atoms. The van der Waals surface area contributed by atoms with E-state index in [4.69, 9.17) is 0 Å². The first-order valence-electron chi connectivity index (χ1n) is 8.81. The molecule has 0 saturated heterocycles. The molecule has 0 amide bonds. The molecule has 3 aromatic rings. The fraction of sp³-hybridized carbons (Fsp3) is 0.400. The van der Waals surface area contributed by atoms with E-state index in [1.165, 1.54) is 10.7 Å². The van der Waals surface area contributed by atoms with Gasteiger partial charge in [-0.3, -0.25) is 4.68 Å². The molecule has 1 fully saturated rings. The molecule has 1 saturated carbocycles. The van der Waals surface area contributed by atoms with Crippen molar-refractivity contribution in [2.45, 2.75) is 44.7 Å². The summed E-state index contributed by atoms with van der Waals surface area (Å²) >= 11 is 0. The van der Waals surface area contributed by atoms with E-state index in [-0.39, 0.29) is 11.3 Å². The van der Waals surface area contributed by atoms with Crippen LogP contribution in [-0.2, 0) is 13.2 Å². The molecule has 0 aliphatic heterocycles. The molecule has 0 unspecified atom stereocenters. The Morgan fingerprint density at radius 1 is 1.12 bits per heavy atom. The molecular weight excluding hydrogens is 339 g/mol. The zero-order valence-corrected chi connectivity index (χ0v) is 14.9. The Bertz CT molecular complexity index is 965. The van der Waals surface area contributed by atoms with Gasteiger partial charge in [0.25, 0.3) is 0 Å². The van der Waals surface area contributed by atoms with Crippen molar-refractivity contribution >= 4 is 11.0 Å². The highest BCUT2D eigenvalue weighted by molar-refractivity contribution is 5.86. The lowest BCUT2D eigenvalue weighted by atomic mass is 9.99. The Morgan fingerprint density at radius 2 is 1.77 bits per heavy atom. The van der Waals surface area contributed by atoms with Crippen LogP contribution in [0.25, 0.3) is 22.3 Å². The fourth-order valence-electron chi connectivity index (χ4n) is 3.33. The second-order valence-electron chi connectivity index (χ2n) is 7.31. The molecule has 1 aliphatic carbocycles. The van der Waals surface area contributed by atoms with Crippen molar-refractivity contribution in [3.8, 4) is 11.3 Å². The van der Waals surface area contributed by atoms with Gasteiger partial charge in [0.1, 0.15) is 0 Å². The summed E-state index contributed by atoms with van der Waals surface area (Å²) in [5.74, 6) is 0.487. The number of fused-ring (bicyclic) bond motifs is 1. The van der Waals surface area contributed by atoms with Gasteiger partial charge in [-0.25, -0.2) is 4.98 Å². The highest BCUT2D eigenvalue weighted by Crippen LogP contribution is 2.46. The quantitative estimate of drug-likeness (QED) is 0.604. The third-order valence-corrected chi connectivity index (χ3v) is 4.96. The predicted octanol–water partition coefficient (Wildman–Crippen LogP) is 5.65. The summed E-state index contributed by atoms with van der Waals surface area (Å²) in [5.41, 5.74) is 2.33. The van der Waals surface area contributed by atoms with Gasteiger partial charge in [-0.15, -0.1) is 0 Å². The van der Waals surface area contributed by atoms with E-state index in [1.807, 2.05) is 24.3 Å². The number of hydrogen-bond acceptors (Lipinski definition) is 2. The second-order valence-corrected chi connectivity index (χ2v) is 7.31. The van der Waals surface area contributed by atoms with Gasteiger partial charge in [-0.2, -0.15) is 18.3 Å². The first-order valence-corrected chi connectivity index (χ1v) is 8.81. The largest absolute Gasteiger partial charge is 0.417 e. The second kappa shape index (κ2) is 5.83. The summed E-state index contributed by atoms with van der Waals surface area (Å²) in [5, 5.41) is 4.51. The van der Waals surface area contributed by atoms with E-state index >= 15 is 0 Å². The Hall–Kier alpha value is -2.37. The summed E-state index contributed by atoms with van der Waals surface area (Å²) in [4.78, 5) is 4.52. The van der Waals surface area contributed by atoms with Gasteiger partial charge in [0.15, 0.2) is 5.65 Å². The Morgan fingerprint density at radius 3 is 2.31 bits per heavy atom. The molecule has 26 heavy (non-hydrogen) atoms. The third kappa shape index (κ3) is 2.87. The van der Waals surface area contributed by atoms with Crippen molar-refractivity contribution in [2.24, 2.45) is 7.05 Å². The monoisotopic (exact) mass is 359 g/mol. The van der Waals surface area contributed by atoms with Crippen LogP contribution in [0.5, 0.6) is 0 Å². The van der Waals surface area contributed by atoms with Crippen LogP contribution in [-0.4, -0.2) is 14.8 Å². The minimum absolute atomic E-state index is 0.123. The number of pyridine rings is 1. The van der Waals surface area contributed by atoms with Crippen LogP contribution in [0.1, 0.15) is 55.3 Å². The predicted molar refractivity (Wildman–Crippen MR) is 95.0 cm³/mol. The van der Waals surface area contributed by atoms with Crippen molar-refractivity contribution < 1.29 is 13.2 Å². The van der Waals surface area contributed by atoms with Crippen LogP contribution in [0.4, 0.5) is 13.2 Å². The summed E-state index contributed by atoms with van der Waals surface area (Å²) in [6.07, 6.45) is -2.66. The van der Waals surface area contributed by atoms with Gasteiger partial charge in [-0.1, -0.05) is 38.1 Å². The number of alkyl halides is 3. The van der Waals surface area contributed by atoms with Crippen LogP contribution in [0.15, 0.2) is 30.3 Å². The molecule has 1 aliphatic rings. The lowest BCUT2D eigenvalue weighted by molar-refractivity contribution is -0.136. The van der Waals surface area contributed by atoms with Gasteiger partial charge < -0.3 is 0 Å². The number of nitrogens with zero attached hydrogens (tertiary/aromatic N) is 3. The number of rotatable bonds is 3. The van der Waals surface area contributed by atoms with E-state index in [1.54, 1.807) is 7.05 Å². The molecule has 0 N–H and O–H groups in total. The van der Waals surface area contributed by atoms with E-state index < -0.39 is 11.7 Å². The van der Waals surface area contributed by atoms with Crippen molar-refractivity contribution in [3.05, 3.63) is 47.2 Å². The summed E-state index contributed by atoms with van der Waals surface area (Å²) in [6.45, 7) is 4.16. The smallest absolute Gasteiger partial charge is 0.250 e. The first kappa shape index (κ1) is 17.1. The van der Waals surface area contributed by atoms with Gasteiger partial charge in [0.2, 0.25) is 0 Å². The van der Waals surface area contributed by atoms with E-state index in [2.05, 4.69) is 23.9 Å². The number of hydrogen-bond donors (Lipinski definition) is 0. The van der Waals surface area contributed by atoms with E-state index in [9.17, 15) is 13.2 Å². The summed E-state index contributed by atoms with van der Waals surface area (Å²) in [6, 6.07) is 8.72. The topological polar surface area (TPSA) is 30.7 Å². The Balaban J connectivity index is 1.93. The lowest BCUT2D eigenvalue weighted by Gasteiger charge is -2.12. The molecular formula is C20H20F3N3. The average molecular weight is 359 g/mol. The Kier molecular flexibility index (Phi) is 3.82. The molecule has 2 heterocycles. The van der Waals surface area contributed by atoms with Crippen LogP contribution in [0.2, 0.25) is 0 Å². The molecule has 1 aromatic carbocycles. The third-order valence-electron chi connectivity index (χ3n) is 4.96. The zero-order valence-electron chi connectivity index (χ0n) is 14.9. The molecule has 0 radical (unpaired) electrons. The van der Waals surface area contributed by atoms with Crippen LogP contribution in [0.3, 0.4) is 0 Å². The molecule has 2 aromatic heterocycles. The highest BCUT2D eigenvalue weighted by atomic mass is 19.4. The van der Waals surface area contributed by atoms with Crippen molar-refractivity contribution in [1.29, 1.82) is 0 Å². The lowest BCUT2D eigenvalue weighted by Crippen LogP contribution is -2.08. The number of benzene rings is 1. The highest BCUT2D eigenvalue weighted by Gasteiger charge is 2.39. The minimum Gasteiger partial charge on any atom is -0.250 e. The van der Waals surface area contributed by atoms with Crippen LogP contribution in [0, 0.1) is 0 Å². The molecule has 0 spiro atoms. The maximum Gasteiger partial charge on any atom is 0.417 e. The average Bonchev–Trinajstić information content (AvgIpc) is 3.38. The molecule has 6 heteroatoms. The molecule has 0 atom stereocenters. The van der Waals surface area contributed by atoms with Gasteiger partial charge >= 0.3 is 6.18 Å².